The van der Waals surface area contributed by atoms with Crippen LogP contribution in [0.25, 0.3) is 0 Å². The Labute approximate surface area is 149 Å². The van der Waals surface area contributed by atoms with Gasteiger partial charge >= 0.3 is 0 Å². The highest BCUT2D eigenvalue weighted by atomic mass is 16.5. The number of nitrogens with one attached hydrogen (secondary N) is 2. The molecule has 0 amide bonds. The van der Waals surface area contributed by atoms with E-state index in [4.69, 9.17) is 10.3 Å². The summed E-state index contributed by atoms with van der Waals surface area (Å²) in [6.07, 6.45) is 0. The van der Waals surface area contributed by atoms with Crippen LogP contribution in [0.5, 0.6) is 0 Å². The van der Waals surface area contributed by atoms with Crippen molar-refractivity contribution in [3.8, 4) is 0 Å². The third-order valence-electron chi connectivity index (χ3n) is 3.96. The molecule has 2 aromatic rings. The number of hydrogen-bond acceptors (Lipinski definition) is 8. The second-order valence-electron chi connectivity index (χ2n) is 6.18. The molecule has 0 aliphatic rings. The van der Waals surface area contributed by atoms with E-state index in [1.54, 1.807) is 6.07 Å². The molecule has 2 aromatic heterocycles. The maximum atomic E-state index is 5.88. The molecule has 2 rings (SSSR count). The van der Waals surface area contributed by atoms with Gasteiger partial charge < -0.3 is 25.8 Å². The summed E-state index contributed by atoms with van der Waals surface area (Å²) in [5, 5.41) is 10.5. The van der Waals surface area contributed by atoms with Crippen molar-refractivity contribution >= 4 is 17.6 Å². The molecule has 4 N–H and O–H groups in total. The zero-order chi connectivity index (χ0) is 18.2. The first-order valence-corrected chi connectivity index (χ1v) is 8.82. The minimum Gasteiger partial charge on any atom is -0.383 e. The molecule has 8 heteroatoms. The molecular weight excluding hydrogens is 318 g/mol. The number of rotatable bonds is 10. The highest BCUT2D eigenvalue weighted by Crippen LogP contribution is 2.16. The van der Waals surface area contributed by atoms with E-state index in [1.807, 2.05) is 6.07 Å². The zero-order valence-corrected chi connectivity index (χ0v) is 15.5. The fourth-order valence-electron chi connectivity index (χ4n) is 2.37. The number of nitrogens with two attached hydrogens (primary N) is 1. The zero-order valence-electron chi connectivity index (χ0n) is 15.5. The Kier molecular flexibility index (Phi) is 7.00. The van der Waals surface area contributed by atoms with E-state index in [2.05, 4.69) is 58.4 Å². The normalized spacial score (nSPS) is 11.3. The van der Waals surface area contributed by atoms with Crippen molar-refractivity contribution in [3.63, 3.8) is 0 Å². The largest absolute Gasteiger partial charge is 0.383 e. The van der Waals surface area contributed by atoms with Gasteiger partial charge in [0.25, 0.3) is 0 Å². The first-order chi connectivity index (χ1) is 12.0. The maximum Gasteiger partial charge on any atom is 0.226 e. The Morgan fingerprint density at radius 1 is 1.16 bits per heavy atom. The second-order valence-corrected chi connectivity index (χ2v) is 6.18. The Balaban J connectivity index is 1.91. The molecular formula is C17H29N7O. The summed E-state index contributed by atoms with van der Waals surface area (Å²) in [5.74, 6) is 2.67. The van der Waals surface area contributed by atoms with E-state index in [0.29, 0.717) is 30.0 Å². The van der Waals surface area contributed by atoms with Gasteiger partial charge in [0.2, 0.25) is 5.95 Å². The summed E-state index contributed by atoms with van der Waals surface area (Å²) < 4.78 is 5.30. The number of nitrogen functional groups attached to an aromatic ring is 1. The molecule has 0 atom stereocenters. The van der Waals surface area contributed by atoms with Crippen molar-refractivity contribution in [2.24, 2.45) is 0 Å². The van der Waals surface area contributed by atoms with Crippen LogP contribution >= 0.6 is 0 Å². The van der Waals surface area contributed by atoms with Crippen molar-refractivity contribution < 1.29 is 4.52 Å². The average molecular weight is 347 g/mol. The van der Waals surface area contributed by atoms with Crippen LogP contribution in [0, 0.1) is 0 Å². The van der Waals surface area contributed by atoms with Crippen molar-refractivity contribution in [2.75, 3.05) is 42.5 Å². The quantitative estimate of drug-likeness (QED) is 0.602. The fourth-order valence-corrected chi connectivity index (χ4v) is 2.37. The molecule has 0 aliphatic heterocycles. The Morgan fingerprint density at radius 3 is 2.56 bits per heavy atom. The van der Waals surface area contributed by atoms with Gasteiger partial charge in [0, 0.05) is 25.2 Å². The van der Waals surface area contributed by atoms with E-state index < -0.39 is 0 Å². The van der Waals surface area contributed by atoms with Gasteiger partial charge in [0.1, 0.15) is 11.6 Å². The molecule has 0 saturated heterocycles. The monoisotopic (exact) mass is 347 g/mol. The Bertz CT molecular complexity index is 652. The molecule has 0 spiro atoms. The minimum atomic E-state index is 0.336. The first kappa shape index (κ1) is 19.0. The predicted octanol–water partition coefficient (Wildman–Crippen LogP) is 2.54. The van der Waals surface area contributed by atoms with Crippen LogP contribution < -0.4 is 16.4 Å². The molecule has 0 saturated carbocycles. The van der Waals surface area contributed by atoms with Gasteiger partial charge in [-0.25, -0.2) is 0 Å². The van der Waals surface area contributed by atoms with Gasteiger partial charge in [0.15, 0.2) is 5.76 Å². The maximum absolute atomic E-state index is 5.88. The molecule has 138 valence electrons. The summed E-state index contributed by atoms with van der Waals surface area (Å²) in [7, 11) is 0. The molecule has 0 bridgehead atoms. The fraction of sp³-hybridized carbons (Fsp3) is 0.588. The summed E-state index contributed by atoms with van der Waals surface area (Å²) in [6.45, 7) is 12.7. The van der Waals surface area contributed by atoms with Gasteiger partial charge in [-0.05, 0) is 19.0 Å². The summed E-state index contributed by atoms with van der Waals surface area (Å²) in [6, 6.07) is 3.67. The van der Waals surface area contributed by atoms with Crippen molar-refractivity contribution in [1.29, 1.82) is 0 Å². The number of hydrogen-bond donors (Lipinski definition) is 3. The van der Waals surface area contributed by atoms with Crippen LogP contribution in [0.2, 0.25) is 0 Å². The summed E-state index contributed by atoms with van der Waals surface area (Å²) in [5.41, 5.74) is 6.81. The molecule has 2 heterocycles. The van der Waals surface area contributed by atoms with Crippen molar-refractivity contribution in [1.82, 2.24) is 20.0 Å². The van der Waals surface area contributed by atoms with Crippen LogP contribution in [0.3, 0.4) is 0 Å². The van der Waals surface area contributed by atoms with Gasteiger partial charge in [-0.15, -0.1) is 0 Å². The highest BCUT2D eigenvalue weighted by molar-refractivity contribution is 5.49. The van der Waals surface area contributed by atoms with E-state index in [9.17, 15) is 0 Å². The average Bonchev–Trinajstić information content (AvgIpc) is 3.06. The van der Waals surface area contributed by atoms with Gasteiger partial charge in [-0.2, -0.15) is 9.97 Å². The molecule has 0 radical (unpaired) electrons. The lowest BCUT2D eigenvalue weighted by Crippen LogP contribution is -2.28. The Morgan fingerprint density at radius 2 is 1.92 bits per heavy atom. The summed E-state index contributed by atoms with van der Waals surface area (Å²) in [4.78, 5) is 11.0. The third kappa shape index (κ3) is 5.90. The number of nitrogens with zero attached hydrogens (tertiary/aromatic N) is 4. The van der Waals surface area contributed by atoms with Crippen LogP contribution in [0.15, 0.2) is 16.7 Å². The lowest BCUT2D eigenvalue weighted by Gasteiger charge is -2.18. The topological polar surface area (TPSA) is 105 Å². The highest BCUT2D eigenvalue weighted by Gasteiger charge is 2.09. The van der Waals surface area contributed by atoms with Gasteiger partial charge in [-0.3, -0.25) is 0 Å². The lowest BCUT2D eigenvalue weighted by atomic mass is 10.1. The predicted molar refractivity (Wildman–Crippen MR) is 101 cm³/mol. The molecule has 0 aliphatic carbocycles. The lowest BCUT2D eigenvalue weighted by molar-refractivity contribution is 0.316. The van der Waals surface area contributed by atoms with E-state index >= 15 is 0 Å². The van der Waals surface area contributed by atoms with Crippen LogP contribution in [-0.2, 0) is 6.54 Å². The van der Waals surface area contributed by atoms with Crippen LogP contribution in [-0.4, -0.2) is 46.2 Å². The van der Waals surface area contributed by atoms with Gasteiger partial charge in [0.05, 0.1) is 12.2 Å². The Hall–Kier alpha value is -2.35. The van der Waals surface area contributed by atoms with Crippen LogP contribution in [0.4, 0.5) is 17.6 Å². The van der Waals surface area contributed by atoms with Crippen molar-refractivity contribution in [3.05, 3.63) is 23.6 Å². The molecule has 0 aromatic carbocycles. The van der Waals surface area contributed by atoms with E-state index in [1.165, 1.54) is 0 Å². The van der Waals surface area contributed by atoms with Gasteiger partial charge in [-0.1, -0.05) is 32.9 Å². The van der Waals surface area contributed by atoms with Crippen molar-refractivity contribution in [2.45, 2.75) is 40.2 Å². The smallest absolute Gasteiger partial charge is 0.226 e. The standard InChI is InChI=1S/C17H29N7O/c1-5-24(6-2)8-7-19-16-10-15(18)21-17(22-16)20-11-13-9-14(12(3)4)23-25-13/h9-10,12H,5-8,11H2,1-4H3,(H4,18,19,20,21,22). The first-order valence-electron chi connectivity index (χ1n) is 8.82. The number of aromatic nitrogens is 3. The number of anilines is 3. The van der Waals surface area contributed by atoms with Crippen LogP contribution in [0.1, 0.15) is 45.1 Å². The molecule has 25 heavy (non-hydrogen) atoms. The number of likely N-dealkylation sites (N-methyl/N-ethyl adjacent to an activating group) is 1. The van der Waals surface area contributed by atoms with E-state index in [-0.39, 0.29) is 0 Å². The minimum absolute atomic E-state index is 0.336. The SMILES string of the molecule is CCN(CC)CCNc1cc(N)nc(NCc2cc(C(C)C)no2)n1. The molecule has 8 nitrogen and oxygen atoms in total. The third-order valence-corrected chi connectivity index (χ3v) is 3.96. The second kappa shape index (κ2) is 9.22. The molecule has 0 fully saturated rings. The molecule has 0 unspecified atom stereocenters. The van der Waals surface area contributed by atoms with E-state index in [0.717, 1.165) is 37.6 Å². The summed E-state index contributed by atoms with van der Waals surface area (Å²) >= 11 is 0.